The maximum absolute atomic E-state index is 13.2. The van der Waals surface area contributed by atoms with Crippen LogP contribution in [0, 0.1) is 0 Å². The summed E-state index contributed by atoms with van der Waals surface area (Å²) in [4.78, 5) is 15.1. The second-order valence-corrected chi connectivity index (χ2v) is 7.16. The number of hydrogen-bond donors (Lipinski definition) is 1. The highest BCUT2D eigenvalue weighted by Gasteiger charge is 2.19. The van der Waals surface area contributed by atoms with Crippen molar-refractivity contribution >= 4 is 23.2 Å². The number of rotatable bonds is 7. The van der Waals surface area contributed by atoms with Crippen molar-refractivity contribution in [3.05, 3.63) is 47.0 Å². The van der Waals surface area contributed by atoms with E-state index in [2.05, 4.69) is 6.92 Å². The number of hydrogen-bond acceptors (Lipinski definition) is 6. The number of nitrogens with zero attached hydrogens (tertiary/aromatic N) is 1. The first kappa shape index (κ1) is 20.6. The van der Waals surface area contributed by atoms with Crippen molar-refractivity contribution in [3.63, 3.8) is 0 Å². The SMILES string of the molecule is CCC/C(=C\c1cc(OC)c2c(c1)OCCO2)C(=O)c1ccc(N(C)C)c(N)c1. The average molecular weight is 396 g/mol. The van der Waals surface area contributed by atoms with Gasteiger partial charge in [-0.3, -0.25) is 4.79 Å². The highest BCUT2D eigenvalue weighted by atomic mass is 16.6. The lowest BCUT2D eigenvalue weighted by atomic mass is 9.96. The molecule has 0 atom stereocenters. The number of Topliss-reactive ketones (excluding diaryl/α,β-unsaturated/α-hetero) is 1. The van der Waals surface area contributed by atoms with Crippen LogP contribution in [0.4, 0.5) is 11.4 Å². The first-order valence-electron chi connectivity index (χ1n) is 9.74. The summed E-state index contributed by atoms with van der Waals surface area (Å²) in [7, 11) is 5.43. The normalized spacial score (nSPS) is 13.2. The molecular formula is C23H28N2O4. The molecule has 0 spiro atoms. The van der Waals surface area contributed by atoms with Crippen LogP contribution in [0.2, 0.25) is 0 Å². The molecule has 6 heteroatoms. The number of allylic oxidation sites excluding steroid dienone is 1. The van der Waals surface area contributed by atoms with Gasteiger partial charge >= 0.3 is 0 Å². The van der Waals surface area contributed by atoms with Gasteiger partial charge in [-0.1, -0.05) is 13.3 Å². The molecule has 3 rings (SSSR count). The fourth-order valence-corrected chi connectivity index (χ4v) is 3.39. The predicted octanol–water partition coefficient (Wildman–Crippen LogP) is 4.18. The Hall–Kier alpha value is -3.15. The topological polar surface area (TPSA) is 74.0 Å². The third-order valence-corrected chi connectivity index (χ3v) is 4.77. The molecule has 0 bridgehead atoms. The number of carbonyl (C=O) groups excluding carboxylic acids is 1. The van der Waals surface area contributed by atoms with Gasteiger partial charge in [-0.05, 0) is 48.4 Å². The van der Waals surface area contributed by atoms with Gasteiger partial charge in [-0.25, -0.2) is 0 Å². The van der Waals surface area contributed by atoms with Crippen LogP contribution in [0.5, 0.6) is 17.2 Å². The minimum Gasteiger partial charge on any atom is -0.493 e. The standard InChI is InChI=1S/C23H28N2O4/c1-5-6-16(22(26)17-7-8-19(25(2)3)18(24)14-17)11-15-12-20(27-4)23-21(13-15)28-9-10-29-23/h7-8,11-14H,5-6,9-10,24H2,1-4H3/b16-11+. The lowest BCUT2D eigenvalue weighted by Crippen LogP contribution is -2.16. The monoisotopic (exact) mass is 396 g/mol. The molecule has 0 amide bonds. The summed E-state index contributed by atoms with van der Waals surface area (Å²) in [5.74, 6) is 1.80. The van der Waals surface area contributed by atoms with Crippen molar-refractivity contribution in [1.29, 1.82) is 0 Å². The van der Waals surface area contributed by atoms with E-state index in [1.165, 1.54) is 0 Å². The van der Waals surface area contributed by atoms with E-state index in [4.69, 9.17) is 19.9 Å². The minimum absolute atomic E-state index is 0.0299. The number of fused-ring (bicyclic) bond motifs is 1. The van der Waals surface area contributed by atoms with E-state index in [1.54, 1.807) is 13.2 Å². The maximum Gasteiger partial charge on any atom is 0.203 e. The Morgan fingerprint density at radius 3 is 2.62 bits per heavy atom. The van der Waals surface area contributed by atoms with E-state index in [-0.39, 0.29) is 5.78 Å². The average Bonchev–Trinajstić information content (AvgIpc) is 2.71. The summed E-state index contributed by atoms with van der Waals surface area (Å²) in [6, 6.07) is 9.18. The van der Waals surface area contributed by atoms with Gasteiger partial charge in [0.1, 0.15) is 13.2 Å². The molecule has 0 radical (unpaired) electrons. The molecule has 1 heterocycles. The van der Waals surface area contributed by atoms with Gasteiger partial charge in [0.15, 0.2) is 17.3 Å². The van der Waals surface area contributed by atoms with Gasteiger partial charge in [0.25, 0.3) is 0 Å². The molecule has 2 aromatic carbocycles. The molecule has 0 fully saturated rings. The molecule has 2 N–H and O–H groups in total. The van der Waals surface area contributed by atoms with Crippen LogP contribution in [0.15, 0.2) is 35.9 Å². The summed E-state index contributed by atoms with van der Waals surface area (Å²) < 4.78 is 16.8. The van der Waals surface area contributed by atoms with Crippen molar-refractivity contribution in [3.8, 4) is 17.2 Å². The molecule has 1 aliphatic rings. The first-order chi connectivity index (χ1) is 13.9. The molecule has 0 aromatic heterocycles. The second-order valence-electron chi connectivity index (χ2n) is 7.16. The Kier molecular flexibility index (Phi) is 6.32. The van der Waals surface area contributed by atoms with Crippen molar-refractivity contribution < 1.29 is 19.0 Å². The molecule has 0 aliphatic carbocycles. The van der Waals surface area contributed by atoms with Crippen LogP contribution in [-0.4, -0.2) is 40.2 Å². The lowest BCUT2D eigenvalue weighted by Gasteiger charge is -2.21. The smallest absolute Gasteiger partial charge is 0.203 e. The van der Waals surface area contributed by atoms with Crippen molar-refractivity contribution in [2.45, 2.75) is 19.8 Å². The number of benzene rings is 2. The highest BCUT2D eigenvalue weighted by molar-refractivity contribution is 6.12. The third kappa shape index (κ3) is 4.47. The zero-order chi connectivity index (χ0) is 21.0. The minimum atomic E-state index is -0.0299. The van der Waals surface area contributed by atoms with E-state index in [1.807, 2.05) is 49.3 Å². The number of carbonyl (C=O) groups is 1. The first-order valence-corrected chi connectivity index (χ1v) is 9.74. The summed E-state index contributed by atoms with van der Waals surface area (Å²) in [6.45, 7) is 3.03. The molecule has 29 heavy (non-hydrogen) atoms. The summed E-state index contributed by atoms with van der Waals surface area (Å²) in [5.41, 5.74) is 9.74. The van der Waals surface area contributed by atoms with Crippen LogP contribution in [0.3, 0.4) is 0 Å². The van der Waals surface area contributed by atoms with E-state index in [9.17, 15) is 4.79 Å². The zero-order valence-electron chi connectivity index (χ0n) is 17.5. The largest absolute Gasteiger partial charge is 0.493 e. The second kappa shape index (κ2) is 8.90. The fourth-order valence-electron chi connectivity index (χ4n) is 3.39. The van der Waals surface area contributed by atoms with Crippen LogP contribution >= 0.6 is 0 Å². The Bertz CT molecular complexity index is 917. The van der Waals surface area contributed by atoms with Crippen LogP contribution < -0.4 is 24.8 Å². The van der Waals surface area contributed by atoms with E-state index >= 15 is 0 Å². The quantitative estimate of drug-likeness (QED) is 0.430. The van der Waals surface area contributed by atoms with E-state index in [0.29, 0.717) is 53.7 Å². The molecule has 154 valence electrons. The lowest BCUT2D eigenvalue weighted by molar-refractivity contribution is 0.103. The number of ketones is 1. The number of anilines is 2. The summed E-state index contributed by atoms with van der Waals surface area (Å²) in [6.07, 6.45) is 3.40. The van der Waals surface area contributed by atoms with Crippen molar-refractivity contribution in [1.82, 2.24) is 0 Å². The Morgan fingerprint density at radius 2 is 1.97 bits per heavy atom. The van der Waals surface area contributed by atoms with Crippen molar-refractivity contribution in [2.24, 2.45) is 0 Å². The predicted molar refractivity (Wildman–Crippen MR) is 116 cm³/mol. The Morgan fingerprint density at radius 1 is 1.21 bits per heavy atom. The molecular weight excluding hydrogens is 368 g/mol. The zero-order valence-corrected chi connectivity index (χ0v) is 17.5. The van der Waals surface area contributed by atoms with Crippen LogP contribution in [0.1, 0.15) is 35.7 Å². The summed E-state index contributed by atoms with van der Waals surface area (Å²) >= 11 is 0. The van der Waals surface area contributed by atoms with Gasteiger partial charge < -0.3 is 24.8 Å². The van der Waals surface area contributed by atoms with Gasteiger partial charge in [0.2, 0.25) is 5.75 Å². The number of nitrogens with two attached hydrogens (primary N) is 1. The van der Waals surface area contributed by atoms with E-state index in [0.717, 1.165) is 17.7 Å². The van der Waals surface area contributed by atoms with Gasteiger partial charge in [-0.2, -0.15) is 0 Å². The van der Waals surface area contributed by atoms with Gasteiger partial charge in [0, 0.05) is 25.2 Å². The third-order valence-electron chi connectivity index (χ3n) is 4.77. The Labute approximate surface area is 171 Å². The van der Waals surface area contributed by atoms with Gasteiger partial charge in [-0.15, -0.1) is 0 Å². The molecule has 0 saturated carbocycles. The number of ether oxygens (including phenoxy) is 3. The highest BCUT2D eigenvalue weighted by Crippen LogP contribution is 2.41. The summed E-state index contributed by atoms with van der Waals surface area (Å²) in [5, 5.41) is 0. The molecule has 2 aromatic rings. The fraction of sp³-hybridized carbons (Fsp3) is 0.348. The van der Waals surface area contributed by atoms with Crippen LogP contribution in [-0.2, 0) is 0 Å². The molecule has 1 aliphatic heterocycles. The molecule has 0 unspecified atom stereocenters. The Balaban J connectivity index is 1.98. The molecule has 0 saturated heterocycles. The molecule has 6 nitrogen and oxygen atoms in total. The van der Waals surface area contributed by atoms with E-state index < -0.39 is 0 Å². The number of nitrogen functional groups attached to an aromatic ring is 1. The maximum atomic E-state index is 13.2. The van der Waals surface area contributed by atoms with Crippen LogP contribution in [0.25, 0.3) is 6.08 Å². The number of methoxy groups -OCH3 is 1. The van der Waals surface area contributed by atoms with Crippen molar-refractivity contribution in [2.75, 3.05) is 45.1 Å². The van der Waals surface area contributed by atoms with Gasteiger partial charge in [0.05, 0.1) is 18.5 Å².